The van der Waals surface area contributed by atoms with Gasteiger partial charge < -0.3 is 10.4 Å². The smallest absolute Gasteiger partial charge is 0.254 e. The molecule has 2 heterocycles. The lowest BCUT2D eigenvalue weighted by molar-refractivity contribution is -0.191. The highest BCUT2D eigenvalue weighted by atomic mass is 19.3. The maximum atomic E-state index is 14.7. The second-order valence-electron chi connectivity index (χ2n) is 8.50. The predicted octanol–water partition coefficient (Wildman–Crippen LogP) is 3.79. The third-order valence-corrected chi connectivity index (χ3v) is 6.64. The van der Waals surface area contributed by atoms with Gasteiger partial charge in [-0.25, -0.2) is 8.78 Å². The van der Waals surface area contributed by atoms with Gasteiger partial charge in [-0.15, -0.1) is 0 Å². The first-order valence-electron chi connectivity index (χ1n) is 10.2. The fourth-order valence-electron chi connectivity index (χ4n) is 4.94. The number of hydrogen-bond acceptors (Lipinski definition) is 4. The Morgan fingerprint density at radius 1 is 1.26 bits per heavy atom. The van der Waals surface area contributed by atoms with Crippen molar-refractivity contribution in [2.24, 2.45) is 17.8 Å². The van der Waals surface area contributed by atoms with E-state index in [0.717, 1.165) is 11.1 Å². The molecule has 0 spiro atoms. The molecule has 2 aliphatic rings. The van der Waals surface area contributed by atoms with Crippen molar-refractivity contribution in [2.75, 3.05) is 0 Å². The Hall–Kier alpha value is -3.11. The minimum Gasteiger partial charge on any atom is -0.379 e. The number of carbonyl (C=O) groups is 1. The van der Waals surface area contributed by atoms with Crippen molar-refractivity contribution in [3.05, 3.63) is 59.9 Å². The van der Waals surface area contributed by atoms with Crippen molar-refractivity contribution in [2.45, 2.75) is 37.8 Å². The van der Waals surface area contributed by atoms with Crippen LogP contribution in [0.3, 0.4) is 0 Å². The van der Waals surface area contributed by atoms with E-state index in [9.17, 15) is 23.9 Å². The van der Waals surface area contributed by atoms with Crippen molar-refractivity contribution < 1.29 is 18.7 Å². The molecule has 4 rings (SSSR count). The Bertz CT molecular complexity index is 1080. The van der Waals surface area contributed by atoms with E-state index >= 15 is 0 Å². The van der Waals surface area contributed by atoms with Crippen LogP contribution in [0.4, 0.5) is 8.78 Å². The molecule has 31 heavy (non-hydrogen) atoms. The molecular formula is C24H23F2N3O2. The van der Waals surface area contributed by atoms with E-state index in [1.54, 1.807) is 43.5 Å². The molecule has 5 nitrogen and oxygen atoms in total. The van der Waals surface area contributed by atoms with Crippen LogP contribution in [-0.4, -0.2) is 33.6 Å². The number of rotatable bonds is 3. The monoisotopic (exact) mass is 423 g/mol. The number of halogens is 2. The summed E-state index contributed by atoms with van der Waals surface area (Å²) >= 11 is 0. The highest BCUT2D eigenvalue weighted by Crippen LogP contribution is 2.53. The highest BCUT2D eigenvalue weighted by Gasteiger charge is 2.66. The number of nitriles is 1. The van der Waals surface area contributed by atoms with E-state index in [0.29, 0.717) is 11.3 Å². The fraction of sp³-hybridized carbons (Fsp3) is 0.375. The molecule has 1 saturated heterocycles. The zero-order chi connectivity index (χ0) is 22.4. The number of aliphatic hydroxyl groups is 1. The molecule has 1 saturated carbocycles. The topological polar surface area (TPSA) is 86.0 Å². The van der Waals surface area contributed by atoms with Crippen molar-refractivity contribution in [3.63, 3.8) is 0 Å². The van der Waals surface area contributed by atoms with Crippen LogP contribution in [0.25, 0.3) is 17.2 Å². The first kappa shape index (κ1) is 21.1. The number of alkyl halides is 2. The lowest BCUT2D eigenvalue weighted by atomic mass is 9.62. The summed E-state index contributed by atoms with van der Waals surface area (Å²) in [6.45, 7) is 3.19. The van der Waals surface area contributed by atoms with Gasteiger partial charge in [0.15, 0.2) is 5.60 Å². The molecule has 1 aromatic heterocycles. The molecule has 0 unspecified atom stereocenters. The Morgan fingerprint density at radius 3 is 2.68 bits per heavy atom. The fourth-order valence-corrected chi connectivity index (χ4v) is 4.94. The van der Waals surface area contributed by atoms with E-state index in [-0.39, 0.29) is 0 Å². The summed E-state index contributed by atoms with van der Waals surface area (Å²) < 4.78 is 29.3. The molecule has 2 N–H and O–H groups in total. The summed E-state index contributed by atoms with van der Waals surface area (Å²) in [5.74, 6) is -6.28. The van der Waals surface area contributed by atoms with E-state index in [4.69, 9.17) is 0 Å². The van der Waals surface area contributed by atoms with E-state index in [1.165, 1.54) is 6.92 Å². The van der Waals surface area contributed by atoms with Crippen LogP contribution in [0.2, 0.25) is 0 Å². The number of hydrogen-bond donors (Lipinski definition) is 2. The number of amides is 1. The van der Waals surface area contributed by atoms with Gasteiger partial charge >= 0.3 is 0 Å². The summed E-state index contributed by atoms with van der Waals surface area (Å²) in [5.41, 5.74) is 0.566. The van der Waals surface area contributed by atoms with Gasteiger partial charge in [0.1, 0.15) is 0 Å². The van der Waals surface area contributed by atoms with Crippen molar-refractivity contribution >= 4 is 12.0 Å². The standard InChI is InChI=1S/C24H23F2N3O2/c1-14-19(21-15(2)29-22(30)23(21,31)13-24(14,25)26)10-9-18-8-7-17(12-28-18)20-6-4-3-5-16(20)11-27/h3-10,12,14-15,19,21,31H,13H2,1-2H3,(H,29,30)/t14-,15+,19-,21-,23-/m0/s1. The molecule has 2 fully saturated rings. The Labute approximate surface area is 179 Å². The van der Waals surface area contributed by atoms with Gasteiger partial charge in [-0.05, 0) is 31.1 Å². The van der Waals surface area contributed by atoms with E-state index in [1.807, 2.05) is 18.2 Å². The largest absolute Gasteiger partial charge is 0.379 e. The quantitative estimate of drug-likeness (QED) is 0.787. The number of aromatic nitrogens is 1. The van der Waals surface area contributed by atoms with Crippen LogP contribution in [0, 0.1) is 29.1 Å². The molecule has 2 aromatic rings. The van der Waals surface area contributed by atoms with Crippen LogP contribution in [0.1, 0.15) is 31.5 Å². The molecule has 1 aliphatic carbocycles. The molecule has 160 valence electrons. The van der Waals surface area contributed by atoms with Gasteiger partial charge in [-0.1, -0.05) is 37.3 Å². The first-order valence-corrected chi connectivity index (χ1v) is 10.2. The maximum Gasteiger partial charge on any atom is 0.254 e. The summed E-state index contributed by atoms with van der Waals surface area (Å²) in [4.78, 5) is 16.6. The second-order valence-corrected chi connectivity index (χ2v) is 8.50. The van der Waals surface area contributed by atoms with Crippen LogP contribution in [0.5, 0.6) is 0 Å². The summed E-state index contributed by atoms with van der Waals surface area (Å²) in [6.07, 6.45) is 4.06. The SMILES string of the molecule is C[C@H]1NC(=O)[C@]2(O)CC(F)(F)[C@@H](C)[C@H](C=Cc3ccc(-c4ccccc4C#N)cn3)[C@H]12. The lowest BCUT2D eigenvalue weighted by Crippen LogP contribution is -2.57. The number of carbonyl (C=O) groups excluding carboxylic acids is 1. The number of allylic oxidation sites excluding steroid dienone is 1. The van der Waals surface area contributed by atoms with E-state index in [2.05, 4.69) is 16.4 Å². The Kier molecular flexibility index (Phi) is 5.14. The number of pyridine rings is 1. The molecule has 0 bridgehead atoms. The summed E-state index contributed by atoms with van der Waals surface area (Å²) in [5, 5.41) is 22.7. The summed E-state index contributed by atoms with van der Waals surface area (Å²) in [6, 6.07) is 12.5. The van der Waals surface area contributed by atoms with Gasteiger partial charge in [0.05, 0.1) is 17.3 Å². The minimum atomic E-state index is -3.17. The van der Waals surface area contributed by atoms with Gasteiger partial charge in [0.25, 0.3) is 11.8 Å². The molecule has 1 aliphatic heterocycles. The molecule has 1 aromatic carbocycles. The molecular weight excluding hydrogens is 400 g/mol. The van der Waals surface area contributed by atoms with E-state index < -0.39 is 47.6 Å². The van der Waals surface area contributed by atoms with Gasteiger partial charge in [-0.2, -0.15) is 5.26 Å². The average Bonchev–Trinajstić information content (AvgIpc) is 2.96. The second kappa shape index (κ2) is 7.54. The zero-order valence-corrected chi connectivity index (χ0v) is 17.2. The van der Waals surface area contributed by atoms with Crippen LogP contribution in [-0.2, 0) is 4.79 Å². The third-order valence-electron chi connectivity index (χ3n) is 6.64. The number of benzene rings is 1. The van der Waals surface area contributed by atoms with Gasteiger partial charge in [-0.3, -0.25) is 9.78 Å². The lowest BCUT2D eigenvalue weighted by Gasteiger charge is -2.46. The van der Waals surface area contributed by atoms with Crippen LogP contribution < -0.4 is 5.32 Å². The first-order chi connectivity index (χ1) is 14.7. The van der Waals surface area contributed by atoms with Gasteiger partial charge in [0.2, 0.25) is 0 Å². The van der Waals surface area contributed by atoms with Crippen molar-refractivity contribution in [1.29, 1.82) is 5.26 Å². The van der Waals surface area contributed by atoms with Crippen molar-refractivity contribution in [1.82, 2.24) is 10.3 Å². The number of nitrogens with zero attached hydrogens (tertiary/aromatic N) is 2. The zero-order valence-electron chi connectivity index (χ0n) is 17.2. The van der Waals surface area contributed by atoms with Crippen LogP contribution in [0.15, 0.2) is 48.7 Å². The molecule has 0 radical (unpaired) electrons. The summed E-state index contributed by atoms with van der Waals surface area (Å²) in [7, 11) is 0. The molecule has 1 amide bonds. The van der Waals surface area contributed by atoms with Crippen molar-refractivity contribution in [3.8, 4) is 17.2 Å². The average molecular weight is 423 g/mol. The normalized spacial score (nSPS) is 31.8. The number of fused-ring (bicyclic) bond motifs is 1. The number of nitrogens with one attached hydrogen (secondary N) is 1. The van der Waals surface area contributed by atoms with Gasteiger partial charge in [0, 0.05) is 41.6 Å². The predicted molar refractivity (Wildman–Crippen MR) is 112 cm³/mol. The molecule has 7 heteroatoms. The Morgan fingerprint density at radius 2 is 2.00 bits per heavy atom. The molecule has 5 atom stereocenters. The highest BCUT2D eigenvalue weighted by molar-refractivity contribution is 5.88. The third kappa shape index (κ3) is 3.51. The minimum absolute atomic E-state index is 0.413. The van der Waals surface area contributed by atoms with Crippen LogP contribution >= 0.6 is 0 Å². The maximum absolute atomic E-state index is 14.7. The Balaban J connectivity index is 1.62.